The van der Waals surface area contributed by atoms with Gasteiger partial charge in [-0.25, -0.2) is 9.18 Å². The minimum Gasteiger partial charge on any atom is -0.479 e. The van der Waals surface area contributed by atoms with E-state index in [1.54, 1.807) is 19.9 Å². The van der Waals surface area contributed by atoms with Gasteiger partial charge in [-0.1, -0.05) is 42.8 Å². The average Bonchev–Trinajstić information content (AvgIpc) is 2.81. The van der Waals surface area contributed by atoms with Gasteiger partial charge in [0, 0.05) is 10.8 Å². The van der Waals surface area contributed by atoms with Crippen LogP contribution < -0.4 is 0 Å². The van der Waals surface area contributed by atoms with Crippen LogP contribution in [0.4, 0.5) is 4.39 Å². The van der Waals surface area contributed by atoms with Crippen molar-refractivity contribution in [2.45, 2.75) is 62.2 Å². The van der Waals surface area contributed by atoms with Gasteiger partial charge in [0.15, 0.2) is 11.4 Å². The molecule has 0 bridgehead atoms. The lowest BCUT2D eigenvalue weighted by atomic mass is 9.46. The molecule has 154 valence electrons. The Hall–Kier alpha value is -1.05. The summed E-state index contributed by atoms with van der Waals surface area (Å²) in [7, 11) is 0. The molecular weight excluding hydrogens is 431 g/mol. The normalized spacial score (nSPS) is 55.2. The van der Waals surface area contributed by atoms with E-state index in [1.165, 1.54) is 12.2 Å². The molecule has 0 unspecified atom stereocenters. The zero-order chi connectivity index (χ0) is 20.9. The summed E-state index contributed by atoms with van der Waals surface area (Å²) in [6, 6.07) is 0. The number of alkyl halides is 2. The summed E-state index contributed by atoms with van der Waals surface area (Å²) >= 11 is 3.79. The number of aliphatic hydroxyl groups excluding tert-OH is 1. The molecular formula is C21H26BrFO5. The van der Waals surface area contributed by atoms with E-state index in [4.69, 9.17) is 0 Å². The topological polar surface area (TPSA) is 94.8 Å². The number of fused-ring (bicyclic) bond motifs is 5. The molecule has 0 amide bonds. The first-order valence-corrected chi connectivity index (χ1v) is 10.6. The molecule has 0 aromatic carbocycles. The maximum Gasteiger partial charge on any atom is 0.336 e. The molecule has 0 aliphatic heterocycles. The largest absolute Gasteiger partial charge is 0.479 e. The first-order valence-electron chi connectivity index (χ1n) is 9.76. The van der Waals surface area contributed by atoms with Gasteiger partial charge in [-0.2, -0.15) is 0 Å². The first-order chi connectivity index (χ1) is 12.8. The summed E-state index contributed by atoms with van der Waals surface area (Å²) in [5, 5.41) is 32.3. The molecule has 3 fully saturated rings. The van der Waals surface area contributed by atoms with Crippen LogP contribution in [0.5, 0.6) is 0 Å². The van der Waals surface area contributed by atoms with Crippen LogP contribution in [0.15, 0.2) is 23.8 Å². The number of aliphatic carboxylic acids is 1. The molecule has 0 heterocycles. The molecule has 5 nitrogen and oxygen atoms in total. The van der Waals surface area contributed by atoms with E-state index in [0.717, 1.165) is 0 Å². The van der Waals surface area contributed by atoms with Gasteiger partial charge < -0.3 is 15.3 Å². The van der Waals surface area contributed by atoms with Crippen LogP contribution in [0.3, 0.4) is 0 Å². The molecule has 7 heteroatoms. The predicted molar refractivity (Wildman–Crippen MR) is 104 cm³/mol. The second-order valence-corrected chi connectivity index (χ2v) is 10.9. The first kappa shape index (κ1) is 20.2. The number of aliphatic hydroxyl groups is 2. The Kier molecular flexibility index (Phi) is 4.16. The fraction of sp³-hybridized carbons (Fsp3) is 0.714. The van der Waals surface area contributed by atoms with Crippen molar-refractivity contribution in [2.24, 2.45) is 28.6 Å². The number of allylic oxidation sites excluding steroid dienone is 4. The fourth-order valence-electron chi connectivity index (χ4n) is 7.00. The number of carbonyl (C=O) groups is 2. The van der Waals surface area contributed by atoms with Gasteiger partial charge in [0.05, 0.1) is 10.4 Å². The minimum atomic E-state index is -1.98. The molecule has 0 saturated heterocycles. The molecule has 3 N–H and O–H groups in total. The number of halogens is 2. The van der Waals surface area contributed by atoms with Crippen molar-refractivity contribution >= 4 is 27.7 Å². The molecule has 28 heavy (non-hydrogen) atoms. The van der Waals surface area contributed by atoms with Gasteiger partial charge >= 0.3 is 5.97 Å². The monoisotopic (exact) mass is 456 g/mol. The summed E-state index contributed by atoms with van der Waals surface area (Å²) in [6.07, 6.45) is 2.62. The molecule has 4 rings (SSSR count). The maximum absolute atomic E-state index is 15.3. The van der Waals surface area contributed by atoms with E-state index >= 15 is 4.39 Å². The van der Waals surface area contributed by atoms with Gasteiger partial charge in [-0.05, 0) is 54.7 Å². The number of ketones is 1. The van der Waals surface area contributed by atoms with E-state index in [-0.39, 0.29) is 24.5 Å². The number of hydrogen-bond donors (Lipinski definition) is 3. The van der Waals surface area contributed by atoms with Gasteiger partial charge in [0.25, 0.3) is 0 Å². The Bertz CT molecular complexity index is 826. The Labute approximate surface area is 171 Å². The minimum absolute atomic E-state index is 0.0769. The summed E-state index contributed by atoms with van der Waals surface area (Å²) in [4.78, 5) is 23.9. The van der Waals surface area contributed by atoms with Crippen LogP contribution >= 0.6 is 15.9 Å². The molecule has 0 radical (unpaired) electrons. The third kappa shape index (κ3) is 2.03. The summed E-state index contributed by atoms with van der Waals surface area (Å²) < 4.78 is 14.4. The lowest BCUT2D eigenvalue weighted by Crippen LogP contribution is -2.69. The fourth-order valence-corrected chi connectivity index (χ4v) is 8.02. The van der Waals surface area contributed by atoms with E-state index in [1.807, 2.05) is 6.92 Å². The highest BCUT2D eigenvalue weighted by Gasteiger charge is 2.75. The maximum atomic E-state index is 15.3. The third-order valence-electron chi connectivity index (χ3n) is 8.54. The van der Waals surface area contributed by atoms with Crippen molar-refractivity contribution in [1.82, 2.24) is 0 Å². The van der Waals surface area contributed by atoms with Crippen LogP contribution in [0, 0.1) is 28.6 Å². The van der Waals surface area contributed by atoms with E-state index in [0.29, 0.717) is 12.0 Å². The van der Waals surface area contributed by atoms with Gasteiger partial charge in [0.1, 0.15) is 6.17 Å². The Balaban J connectivity index is 1.88. The Morgan fingerprint density at radius 3 is 2.54 bits per heavy atom. The molecule has 0 aromatic heterocycles. The van der Waals surface area contributed by atoms with Crippen LogP contribution in [0.2, 0.25) is 0 Å². The highest BCUT2D eigenvalue weighted by molar-refractivity contribution is 9.10. The molecule has 4 aliphatic carbocycles. The summed E-state index contributed by atoms with van der Waals surface area (Å²) in [5.41, 5.74) is -3.62. The van der Waals surface area contributed by atoms with Gasteiger partial charge in [0.2, 0.25) is 0 Å². The second kappa shape index (κ2) is 5.76. The zero-order valence-corrected chi connectivity index (χ0v) is 17.7. The molecule has 0 aromatic rings. The van der Waals surface area contributed by atoms with Gasteiger partial charge in [-0.15, -0.1) is 0 Å². The van der Waals surface area contributed by atoms with Crippen LogP contribution in [-0.4, -0.2) is 49.3 Å². The van der Waals surface area contributed by atoms with Crippen molar-refractivity contribution in [2.75, 3.05) is 0 Å². The van der Waals surface area contributed by atoms with Gasteiger partial charge in [-0.3, -0.25) is 4.79 Å². The number of carboxylic acids is 1. The standard InChI is InChI=1S/C21H26BrFO5/c1-10-6-12-13-8-15(23)14-7-11(24)4-5-18(14,2)20(13,22)16(25)9-19(12,3)21(10,28)17(26)27/h4-5,7,10,12-13,15-16,25,28H,6,8-9H2,1-3H3,(H,26,27)/t10-,12+,13+,15+,16+,18+,19+,20+,21+/m1/s1. The predicted octanol–water partition coefficient (Wildman–Crippen LogP) is 2.79. The number of hydrogen-bond acceptors (Lipinski definition) is 4. The van der Waals surface area contributed by atoms with Crippen LogP contribution in [-0.2, 0) is 9.59 Å². The summed E-state index contributed by atoms with van der Waals surface area (Å²) in [5.74, 6) is -2.76. The number of carboxylic acid groups (broad SMARTS) is 1. The van der Waals surface area contributed by atoms with Crippen molar-refractivity contribution in [3.05, 3.63) is 23.8 Å². The number of carbonyl (C=O) groups excluding carboxylic acids is 1. The summed E-state index contributed by atoms with van der Waals surface area (Å²) in [6.45, 7) is 5.25. The molecule has 4 aliphatic rings. The highest BCUT2D eigenvalue weighted by atomic mass is 79.9. The quantitative estimate of drug-likeness (QED) is 0.527. The van der Waals surface area contributed by atoms with Crippen molar-refractivity contribution in [3.63, 3.8) is 0 Å². The zero-order valence-electron chi connectivity index (χ0n) is 16.2. The highest BCUT2D eigenvalue weighted by Crippen LogP contribution is 2.72. The smallest absolute Gasteiger partial charge is 0.336 e. The van der Waals surface area contributed by atoms with Crippen molar-refractivity contribution in [1.29, 1.82) is 0 Å². The van der Waals surface area contributed by atoms with Crippen molar-refractivity contribution < 1.29 is 29.3 Å². The molecule has 0 spiro atoms. The van der Waals surface area contributed by atoms with Crippen LogP contribution in [0.25, 0.3) is 0 Å². The second-order valence-electron chi connectivity index (χ2n) is 9.57. The van der Waals surface area contributed by atoms with E-state index in [2.05, 4.69) is 15.9 Å². The number of rotatable bonds is 1. The third-order valence-corrected chi connectivity index (χ3v) is 10.5. The lowest BCUT2D eigenvalue weighted by molar-refractivity contribution is -0.194. The van der Waals surface area contributed by atoms with E-state index < -0.39 is 50.8 Å². The molecule has 3 saturated carbocycles. The van der Waals surface area contributed by atoms with Crippen LogP contribution in [0.1, 0.15) is 40.0 Å². The Morgan fingerprint density at radius 2 is 1.93 bits per heavy atom. The SMILES string of the molecule is C[C@@H]1C[C@H]2[C@@H]3C[C@H](F)C4=CC(=O)C=C[C@]4(C)[C@@]3(Br)[C@@H](O)C[C@]2(C)[C@@]1(O)C(=O)O. The molecule has 9 atom stereocenters. The van der Waals surface area contributed by atoms with Crippen molar-refractivity contribution in [3.8, 4) is 0 Å². The van der Waals surface area contributed by atoms with E-state index in [9.17, 15) is 24.9 Å². The Morgan fingerprint density at radius 1 is 1.29 bits per heavy atom. The lowest BCUT2D eigenvalue weighted by Gasteiger charge is -2.64. The average molecular weight is 457 g/mol.